The van der Waals surface area contributed by atoms with Gasteiger partial charge in [-0.3, -0.25) is 4.79 Å². The predicted molar refractivity (Wildman–Crippen MR) is 127 cm³/mol. The average molecular weight is 492 g/mol. The van der Waals surface area contributed by atoms with Crippen LogP contribution in [-0.4, -0.2) is 33.8 Å². The normalized spacial score (nSPS) is 20.7. The third-order valence-electron chi connectivity index (χ3n) is 7.58. The first kappa shape index (κ1) is 25.7. The molecule has 1 aromatic heterocycles. The van der Waals surface area contributed by atoms with Gasteiger partial charge in [-0.25, -0.2) is 0 Å². The summed E-state index contributed by atoms with van der Waals surface area (Å²) in [6.45, 7) is 2.01. The number of aromatic nitrogens is 3. The van der Waals surface area contributed by atoms with E-state index in [1.54, 1.807) is 7.11 Å². The molecule has 35 heavy (non-hydrogen) atoms. The molecule has 0 spiro atoms. The predicted octanol–water partition coefficient (Wildman–Crippen LogP) is 6.37. The summed E-state index contributed by atoms with van der Waals surface area (Å²) in [5.41, 5.74) is 2.17. The Morgan fingerprint density at radius 3 is 2.29 bits per heavy atom. The summed E-state index contributed by atoms with van der Waals surface area (Å²) in [7, 11) is 1.65. The molecule has 0 bridgehead atoms. The topological polar surface area (TPSA) is 57.0 Å². The molecule has 0 amide bonds. The second kappa shape index (κ2) is 11.1. The van der Waals surface area contributed by atoms with E-state index >= 15 is 0 Å². The number of Topliss-reactive ketones (excluding diaryl/α,β-unsaturated/α-hetero) is 1. The fourth-order valence-corrected chi connectivity index (χ4v) is 5.28. The zero-order valence-corrected chi connectivity index (χ0v) is 20.7. The van der Waals surface area contributed by atoms with Gasteiger partial charge >= 0.3 is 6.18 Å². The summed E-state index contributed by atoms with van der Waals surface area (Å²) in [5.74, 6) is 2.00. The van der Waals surface area contributed by atoms with Crippen molar-refractivity contribution in [3.63, 3.8) is 0 Å². The van der Waals surface area contributed by atoms with Gasteiger partial charge < -0.3 is 9.30 Å². The fraction of sp³-hybridized carbons (Fsp3) is 0.667. The van der Waals surface area contributed by atoms with E-state index in [1.165, 1.54) is 0 Å². The van der Waals surface area contributed by atoms with Crippen molar-refractivity contribution in [2.75, 3.05) is 7.11 Å². The highest BCUT2D eigenvalue weighted by Gasteiger charge is 2.41. The maximum atomic E-state index is 12.9. The van der Waals surface area contributed by atoms with Gasteiger partial charge in [-0.2, -0.15) is 13.2 Å². The lowest BCUT2D eigenvalue weighted by Gasteiger charge is -2.29. The van der Waals surface area contributed by atoms with Gasteiger partial charge in [0.1, 0.15) is 23.2 Å². The summed E-state index contributed by atoms with van der Waals surface area (Å²) < 4.78 is 46.4. The van der Waals surface area contributed by atoms with E-state index in [0.717, 1.165) is 54.2 Å². The van der Waals surface area contributed by atoms with Gasteiger partial charge in [0.05, 0.1) is 13.0 Å². The molecule has 5 nitrogen and oxygen atoms in total. The van der Waals surface area contributed by atoms with Gasteiger partial charge in [0.15, 0.2) is 0 Å². The van der Waals surface area contributed by atoms with Gasteiger partial charge in [0.25, 0.3) is 0 Å². The number of ether oxygens (including phenoxy) is 1. The van der Waals surface area contributed by atoms with Crippen molar-refractivity contribution < 1.29 is 22.7 Å². The van der Waals surface area contributed by atoms with E-state index < -0.39 is 12.1 Å². The molecule has 0 unspecified atom stereocenters. The number of hydrogen-bond acceptors (Lipinski definition) is 4. The third-order valence-corrected chi connectivity index (χ3v) is 7.58. The number of benzene rings is 1. The van der Waals surface area contributed by atoms with E-state index in [2.05, 4.69) is 14.8 Å². The molecule has 0 saturated heterocycles. The average Bonchev–Trinajstić information content (AvgIpc) is 3.59. The lowest BCUT2D eigenvalue weighted by molar-refractivity contribution is -0.184. The second-order valence-corrected chi connectivity index (χ2v) is 10.3. The van der Waals surface area contributed by atoms with Crippen molar-refractivity contribution in [2.45, 2.75) is 96.2 Å². The number of hydrogen-bond donors (Lipinski definition) is 0. The van der Waals surface area contributed by atoms with Crippen molar-refractivity contribution >= 4 is 5.78 Å². The van der Waals surface area contributed by atoms with Crippen molar-refractivity contribution in [2.24, 2.45) is 11.8 Å². The summed E-state index contributed by atoms with van der Waals surface area (Å²) in [6.07, 6.45) is 3.59. The van der Waals surface area contributed by atoms with Gasteiger partial charge in [-0.1, -0.05) is 12.1 Å². The van der Waals surface area contributed by atoms with Crippen LogP contribution in [0.5, 0.6) is 5.75 Å². The minimum absolute atomic E-state index is 0.195. The number of rotatable bonds is 11. The number of halogens is 3. The molecular weight excluding hydrogens is 455 g/mol. The van der Waals surface area contributed by atoms with E-state index in [1.807, 2.05) is 25.1 Å². The molecule has 0 N–H and O–H groups in total. The van der Waals surface area contributed by atoms with Crippen molar-refractivity contribution in [1.29, 1.82) is 0 Å². The van der Waals surface area contributed by atoms with Crippen LogP contribution in [0.2, 0.25) is 0 Å². The molecule has 2 aromatic rings. The van der Waals surface area contributed by atoms with E-state index in [9.17, 15) is 18.0 Å². The molecular formula is C27H36F3N3O2. The number of carbonyl (C=O) groups is 1. The number of ketones is 1. The summed E-state index contributed by atoms with van der Waals surface area (Å²) in [4.78, 5) is 12.6. The number of carbonyl (C=O) groups excluding carboxylic acids is 1. The first-order chi connectivity index (χ1) is 16.7. The number of aryl methyl sites for hydroxylation is 4. The van der Waals surface area contributed by atoms with Gasteiger partial charge in [-0.15, -0.1) is 10.2 Å². The van der Waals surface area contributed by atoms with Crippen molar-refractivity contribution in [3.8, 4) is 5.75 Å². The van der Waals surface area contributed by atoms with Crippen LogP contribution in [0.15, 0.2) is 18.2 Å². The Labute approximate surface area is 205 Å². The Morgan fingerprint density at radius 2 is 1.66 bits per heavy atom. The maximum Gasteiger partial charge on any atom is 0.391 e. The maximum absolute atomic E-state index is 12.9. The SMILES string of the molecule is COc1cc(C)ccc1CCC(=O)CCc1nnc(CCC2CCC(C(F)(F)F)CC2)n1C1CC1. The Kier molecular flexibility index (Phi) is 8.17. The smallest absolute Gasteiger partial charge is 0.391 e. The third kappa shape index (κ3) is 6.85. The Bertz CT molecular complexity index is 1010. The van der Waals surface area contributed by atoms with Crippen molar-refractivity contribution in [1.82, 2.24) is 14.8 Å². The quantitative estimate of drug-likeness (QED) is 0.367. The summed E-state index contributed by atoms with van der Waals surface area (Å²) >= 11 is 0. The molecule has 2 aliphatic rings. The summed E-state index contributed by atoms with van der Waals surface area (Å²) in [6, 6.07) is 6.45. The first-order valence-electron chi connectivity index (χ1n) is 12.9. The molecule has 4 rings (SSSR count). The van der Waals surface area contributed by atoms with Crippen LogP contribution in [0.25, 0.3) is 0 Å². The number of nitrogens with zero attached hydrogens (tertiary/aromatic N) is 3. The highest BCUT2D eigenvalue weighted by atomic mass is 19.4. The van der Waals surface area contributed by atoms with Crippen LogP contribution in [-0.2, 0) is 24.1 Å². The van der Waals surface area contributed by atoms with Crippen LogP contribution in [0.1, 0.15) is 86.6 Å². The number of methoxy groups -OCH3 is 1. The standard InChI is InChI=1S/C27H36F3N3O2/c1-18-3-7-20(24(17-18)35-2)8-13-23(34)14-16-26-32-31-25(33(26)22-11-12-22)15-6-19-4-9-21(10-5-19)27(28,29)30/h3,7,17,19,21-22H,4-6,8-16H2,1-2H3. The monoisotopic (exact) mass is 491 g/mol. The summed E-state index contributed by atoms with van der Waals surface area (Å²) in [5, 5.41) is 8.83. The molecule has 0 aliphatic heterocycles. The van der Waals surface area contributed by atoms with Crippen LogP contribution >= 0.6 is 0 Å². The van der Waals surface area contributed by atoms with E-state index in [4.69, 9.17) is 4.74 Å². The lowest BCUT2D eigenvalue weighted by Crippen LogP contribution is -2.28. The molecule has 1 heterocycles. The molecule has 2 fully saturated rings. The zero-order chi connectivity index (χ0) is 25.0. The molecule has 2 saturated carbocycles. The Hall–Kier alpha value is -2.38. The van der Waals surface area contributed by atoms with Gasteiger partial charge in [0, 0.05) is 31.7 Å². The second-order valence-electron chi connectivity index (χ2n) is 10.3. The minimum atomic E-state index is -4.06. The fourth-order valence-electron chi connectivity index (χ4n) is 5.28. The number of alkyl halides is 3. The molecule has 0 radical (unpaired) electrons. The molecule has 2 aliphatic carbocycles. The van der Waals surface area contributed by atoms with Crippen LogP contribution in [0, 0.1) is 18.8 Å². The Morgan fingerprint density at radius 1 is 1.00 bits per heavy atom. The van der Waals surface area contributed by atoms with Crippen molar-refractivity contribution in [3.05, 3.63) is 41.0 Å². The molecule has 0 atom stereocenters. The lowest BCUT2D eigenvalue weighted by atomic mass is 9.79. The molecule has 1 aromatic carbocycles. The highest BCUT2D eigenvalue weighted by Crippen LogP contribution is 2.41. The van der Waals surface area contributed by atoms with E-state index in [0.29, 0.717) is 50.5 Å². The Balaban J connectivity index is 1.27. The molecule has 192 valence electrons. The van der Waals surface area contributed by atoms with Crippen LogP contribution in [0.4, 0.5) is 13.2 Å². The zero-order valence-electron chi connectivity index (χ0n) is 20.7. The molecule has 8 heteroatoms. The van der Waals surface area contributed by atoms with E-state index in [-0.39, 0.29) is 18.6 Å². The first-order valence-corrected chi connectivity index (χ1v) is 12.9. The highest BCUT2D eigenvalue weighted by molar-refractivity contribution is 5.78. The minimum Gasteiger partial charge on any atom is -0.496 e. The van der Waals surface area contributed by atoms with Crippen LogP contribution in [0.3, 0.4) is 0 Å². The van der Waals surface area contributed by atoms with Gasteiger partial charge in [0.2, 0.25) is 0 Å². The van der Waals surface area contributed by atoms with Gasteiger partial charge in [-0.05, 0) is 81.4 Å². The van der Waals surface area contributed by atoms with Crippen LogP contribution < -0.4 is 4.74 Å². The largest absolute Gasteiger partial charge is 0.496 e.